The van der Waals surface area contributed by atoms with Crippen LogP contribution in [0.5, 0.6) is 0 Å². The zero-order valence-corrected chi connectivity index (χ0v) is 22.5. The number of aromatic nitrogens is 2. The van der Waals surface area contributed by atoms with E-state index in [0.29, 0.717) is 18.6 Å². The van der Waals surface area contributed by atoms with Crippen LogP contribution in [0.4, 0.5) is 23.1 Å². The smallest absolute Gasteiger partial charge is 0.326 e. The number of benzene rings is 1. The number of carbonyl (C=O) groups is 6. The average Bonchev–Trinajstić information content (AvgIpc) is 2.95. The monoisotopic (exact) mass is 602 g/mol. The fourth-order valence-electron chi connectivity index (χ4n) is 4.15. The number of nitrogens with two attached hydrogens (primary N) is 1. The van der Waals surface area contributed by atoms with Crippen LogP contribution < -0.4 is 37.5 Å². The van der Waals surface area contributed by atoms with Gasteiger partial charge < -0.3 is 47.2 Å². The van der Waals surface area contributed by atoms with Gasteiger partial charge in [0.05, 0.1) is 6.04 Å². The van der Waals surface area contributed by atoms with Crippen LogP contribution in [-0.4, -0.2) is 92.6 Å². The van der Waals surface area contributed by atoms with Gasteiger partial charge in [-0.25, -0.2) is 9.59 Å². The molecule has 43 heavy (non-hydrogen) atoms. The lowest BCUT2D eigenvalue weighted by Gasteiger charge is -2.30. The molecular formula is C25H30N8O10. The van der Waals surface area contributed by atoms with E-state index in [9.17, 15) is 38.7 Å². The van der Waals surface area contributed by atoms with Gasteiger partial charge in [0, 0.05) is 37.2 Å². The van der Waals surface area contributed by atoms with Gasteiger partial charge in [0.2, 0.25) is 18.3 Å². The molecule has 0 saturated heterocycles. The van der Waals surface area contributed by atoms with Gasteiger partial charge in [-0.2, -0.15) is 4.98 Å². The third-order valence-electron chi connectivity index (χ3n) is 6.35. The minimum atomic E-state index is -1.49. The Labute approximate surface area is 242 Å². The molecule has 10 N–H and O–H groups in total. The third kappa shape index (κ3) is 8.90. The van der Waals surface area contributed by atoms with Crippen LogP contribution in [0.3, 0.4) is 0 Å². The fourth-order valence-corrected chi connectivity index (χ4v) is 4.15. The molecule has 0 saturated carbocycles. The van der Waals surface area contributed by atoms with Gasteiger partial charge in [-0.3, -0.25) is 29.0 Å². The summed E-state index contributed by atoms with van der Waals surface area (Å²) >= 11 is 0. The molecule has 1 aliphatic rings. The van der Waals surface area contributed by atoms with E-state index in [1.165, 1.54) is 29.2 Å². The van der Waals surface area contributed by atoms with E-state index in [1.54, 1.807) is 0 Å². The molecule has 0 spiro atoms. The first kappa shape index (κ1) is 31.8. The Morgan fingerprint density at radius 3 is 2.26 bits per heavy atom. The molecule has 18 nitrogen and oxygen atoms in total. The molecule has 1 aromatic heterocycles. The van der Waals surface area contributed by atoms with E-state index in [4.69, 9.17) is 15.9 Å². The number of hydrogen-bond donors (Lipinski definition) is 9. The molecule has 3 rings (SSSR count). The van der Waals surface area contributed by atoms with Crippen molar-refractivity contribution >= 4 is 59.3 Å². The second kappa shape index (κ2) is 14.3. The standard InChI is InChI=1S/C25H30N8O10/c26-25-31-20-19(22(39)32-25)28-13(9-27-20)10-33(11-34)14-3-1-12(2-4-14)21(38)30-16(24(42)43)5-7-17(35)29-15(23(40)41)6-8-18(36)37/h1-4,11,13,15-16,28H,5-10H2,(H,29,35)(H,30,38)(H,36,37)(H,40,41)(H,42,43)(H4,26,27,31,32,39). The lowest BCUT2D eigenvalue weighted by molar-refractivity contribution is -0.143. The van der Waals surface area contributed by atoms with E-state index < -0.39 is 60.2 Å². The number of nitrogens with one attached hydrogen (secondary N) is 5. The Hall–Kier alpha value is -5.68. The number of nitrogen functional groups attached to an aromatic ring is 1. The normalized spacial score (nSPS) is 14.9. The highest BCUT2D eigenvalue weighted by molar-refractivity contribution is 5.97. The van der Waals surface area contributed by atoms with Crippen molar-refractivity contribution in [3.8, 4) is 0 Å². The van der Waals surface area contributed by atoms with Crippen molar-refractivity contribution in [1.82, 2.24) is 20.6 Å². The lowest BCUT2D eigenvalue weighted by Crippen LogP contribution is -2.45. The van der Waals surface area contributed by atoms with E-state index in [-0.39, 0.29) is 48.4 Å². The highest BCUT2D eigenvalue weighted by Gasteiger charge is 2.26. The van der Waals surface area contributed by atoms with Crippen molar-refractivity contribution in [1.29, 1.82) is 0 Å². The molecule has 0 aliphatic carbocycles. The summed E-state index contributed by atoms with van der Waals surface area (Å²) < 4.78 is 0. The zero-order valence-electron chi connectivity index (χ0n) is 22.5. The number of carbonyl (C=O) groups excluding carboxylic acids is 3. The first-order chi connectivity index (χ1) is 20.4. The molecule has 0 fully saturated rings. The van der Waals surface area contributed by atoms with E-state index in [1.807, 2.05) is 0 Å². The van der Waals surface area contributed by atoms with Crippen LogP contribution in [0.1, 0.15) is 36.0 Å². The van der Waals surface area contributed by atoms with Crippen molar-refractivity contribution in [3.05, 3.63) is 40.2 Å². The quantitative estimate of drug-likeness (QED) is 0.106. The average molecular weight is 603 g/mol. The second-order valence-electron chi connectivity index (χ2n) is 9.50. The number of H-pyrrole nitrogens is 1. The highest BCUT2D eigenvalue weighted by Crippen LogP contribution is 2.22. The van der Waals surface area contributed by atoms with Crippen molar-refractivity contribution in [2.75, 3.05) is 34.4 Å². The van der Waals surface area contributed by atoms with Crippen molar-refractivity contribution < 1.29 is 44.1 Å². The Kier molecular flexibility index (Phi) is 10.6. The molecule has 2 heterocycles. The maximum Gasteiger partial charge on any atom is 0.326 e. The van der Waals surface area contributed by atoms with Crippen LogP contribution in [0.15, 0.2) is 29.1 Å². The summed E-state index contributed by atoms with van der Waals surface area (Å²) in [5, 5.41) is 37.8. The van der Waals surface area contributed by atoms with Crippen LogP contribution in [0, 0.1) is 0 Å². The first-order valence-electron chi connectivity index (χ1n) is 12.9. The summed E-state index contributed by atoms with van der Waals surface area (Å²) in [5.41, 5.74) is 5.71. The van der Waals surface area contributed by atoms with Crippen LogP contribution in [-0.2, 0) is 24.0 Å². The minimum Gasteiger partial charge on any atom is -0.481 e. The van der Waals surface area contributed by atoms with Gasteiger partial charge in [0.15, 0.2) is 5.82 Å². The van der Waals surface area contributed by atoms with Crippen LogP contribution in [0.25, 0.3) is 0 Å². The number of nitrogens with zero attached hydrogens (tertiary/aromatic N) is 2. The van der Waals surface area contributed by atoms with E-state index in [0.717, 1.165) is 0 Å². The number of carboxylic acid groups (broad SMARTS) is 3. The number of amides is 3. The summed E-state index contributed by atoms with van der Waals surface area (Å²) in [6.45, 7) is 0.453. The predicted octanol–water partition coefficient (Wildman–Crippen LogP) is -1.38. The van der Waals surface area contributed by atoms with Crippen molar-refractivity contribution in [2.24, 2.45) is 0 Å². The SMILES string of the molecule is Nc1nc2c(c(=O)[nH]1)NC(CN(C=O)c1ccc(C(=O)NC(CCC(=O)NC(CCC(=O)O)C(=O)O)C(=O)O)cc1)CN2. The Morgan fingerprint density at radius 1 is 1.02 bits per heavy atom. The van der Waals surface area contributed by atoms with Gasteiger partial charge >= 0.3 is 17.9 Å². The summed E-state index contributed by atoms with van der Waals surface area (Å²) in [4.78, 5) is 90.2. The molecule has 18 heteroatoms. The topological polar surface area (TPSA) is 286 Å². The molecule has 3 atom stereocenters. The van der Waals surface area contributed by atoms with E-state index >= 15 is 0 Å². The van der Waals surface area contributed by atoms with Crippen LogP contribution in [0.2, 0.25) is 0 Å². The number of fused-ring (bicyclic) bond motifs is 1. The van der Waals surface area contributed by atoms with Gasteiger partial charge in [-0.1, -0.05) is 0 Å². The number of hydrogen-bond acceptors (Lipinski definition) is 11. The summed E-state index contributed by atoms with van der Waals surface area (Å²) in [5.74, 6) is -5.48. The number of aromatic amines is 1. The summed E-state index contributed by atoms with van der Waals surface area (Å²) in [7, 11) is 0. The second-order valence-corrected chi connectivity index (χ2v) is 9.50. The maximum absolute atomic E-state index is 12.7. The van der Waals surface area contributed by atoms with E-state index in [2.05, 4.69) is 31.2 Å². The van der Waals surface area contributed by atoms with Crippen LogP contribution >= 0.6 is 0 Å². The number of carboxylic acids is 3. The molecule has 0 bridgehead atoms. The number of aliphatic carboxylic acids is 3. The predicted molar refractivity (Wildman–Crippen MR) is 150 cm³/mol. The third-order valence-corrected chi connectivity index (χ3v) is 6.35. The highest BCUT2D eigenvalue weighted by atomic mass is 16.4. The number of rotatable bonds is 15. The summed E-state index contributed by atoms with van der Waals surface area (Å²) in [6.07, 6.45) is -1.11. The minimum absolute atomic E-state index is 0.0471. The number of anilines is 4. The molecule has 1 aliphatic heterocycles. The van der Waals surface area contributed by atoms with Gasteiger partial charge in [-0.05, 0) is 37.1 Å². The summed E-state index contributed by atoms with van der Waals surface area (Å²) in [6, 6.07) is 2.32. The largest absolute Gasteiger partial charge is 0.481 e. The Balaban J connectivity index is 1.57. The maximum atomic E-state index is 12.7. The van der Waals surface area contributed by atoms with Gasteiger partial charge in [0.25, 0.3) is 11.5 Å². The fraction of sp³-hybridized carbons (Fsp3) is 0.360. The molecule has 3 amide bonds. The van der Waals surface area contributed by atoms with Crippen molar-refractivity contribution in [3.63, 3.8) is 0 Å². The Morgan fingerprint density at radius 2 is 1.65 bits per heavy atom. The molecule has 3 unspecified atom stereocenters. The first-order valence-corrected chi connectivity index (χ1v) is 12.9. The Bertz CT molecular complexity index is 1440. The van der Waals surface area contributed by atoms with Crippen molar-refractivity contribution in [2.45, 2.75) is 43.8 Å². The lowest BCUT2D eigenvalue weighted by atomic mass is 10.1. The van der Waals surface area contributed by atoms with Gasteiger partial charge in [-0.15, -0.1) is 0 Å². The molecule has 2 aromatic rings. The molecular weight excluding hydrogens is 572 g/mol. The van der Waals surface area contributed by atoms with Gasteiger partial charge in [0.1, 0.15) is 17.8 Å². The molecule has 1 aromatic carbocycles. The molecule has 230 valence electrons. The zero-order chi connectivity index (χ0) is 31.7. The molecule has 0 radical (unpaired) electrons.